The molecule has 0 unspecified atom stereocenters. The molecule has 2 fully saturated rings. The number of carbonyl (C=O) groups excluding carboxylic acids is 1. The van der Waals surface area contributed by atoms with Crippen molar-refractivity contribution < 1.29 is 14.3 Å². The van der Waals surface area contributed by atoms with Crippen LogP contribution >= 0.6 is 0 Å². The van der Waals surface area contributed by atoms with E-state index in [0.717, 1.165) is 19.4 Å². The van der Waals surface area contributed by atoms with Gasteiger partial charge >= 0.3 is 0 Å². The number of hydrogen-bond donors (Lipinski definition) is 0. The van der Waals surface area contributed by atoms with Crippen LogP contribution in [0.4, 0.5) is 0 Å². The third kappa shape index (κ3) is 2.49. The van der Waals surface area contributed by atoms with Gasteiger partial charge in [0, 0.05) is 19.7 Å². The highest BCUT2D eigenvalue weighted by Gasteiger charge is 2.32. The second-order valence-corrected chi connectivity index (χ2v) is 4.50. The van der Waals surface area contributed by atoms with E-state index in [9.17, 15) is 4.79 Å². The Morgan fingerprint density at radius 2 is 1.93 bits per heavy atom. The summed E-state index contributed by atoms with van der Waals surface area (Å²) in [7, 11) is 0. The minimum atomic E-state index is -0.192. The normalized spacial score (nSPS) is 36.9. The van der Waals surface area contributed by atoms with Crippen molar-refractivity contribution in [1.29, 1.82) is 0 Å². The van der Waals surface area contributed by atoms with Crippen LogP contribution in [0.1, 0.15) is 26.7 Å². The highest BCUT2D eigenvalue weighted by molar-refractivity contribution is 5.81. The van der Waals surface area contributed by atoms with E-state index in [0.29, 0.717) is 13.1 Å². The number of morpholine rings is 1. The molecule has 0 aliphatic carbocycles. The standard InChI is InChI=1S/C11H19NO3/c1-8-6-12(7-9(2)15-8)11(13)10-4-3-5-14-10/h8-10H,3-7H2,1-2H3/t8-,9-,10-/m0/s1. The van der Waals surface area contributed by atoms with Crippen molar-refractivity contribution in [1.82, 2.24) is 4.90 Å². The SMILES string of the molecule is C[C@H]1CN(C(=O)[C@@H]2CCCO2)C[C@H](C)O1. The summed E-state index contributed by atoms with van der Waals surface area (Å²) >= 11 is 0. The van der Waals surface area contributed by atoms with Crippen LogP contribution in [0.25, 0.3) is 0 Å². The van der Waals surface area contributed by atoms with Gasteiger partial charge in [-0.05, 0) is 26.7 Å². The lowest BCUT2D eigenvalue weighted by atomic mass is 10.1. The molecule has 0 aromatic carbocycles. The van der Waals surface area contributed by atoms with Gasteiger partial charge in [-0.25, -0.2) is 0 Å². The van der Waals surface area contributed by atoms with E-state index in [-0.39, 0.29) is 24.2 Å². The van der Waals surface area contributed by atoms with E-state index in [4.69, 9.17) is 9.47 Å². The first kappa shape index (κ1) is 10.9. The molecule has 2 rings (SSSR count). The van der Waals surface area contributed by atoms with Crippen molar-refractivity contribution in [2.75, 3.05) is 19.7 Å². The summed E-state index contributed by atoms with van der Waals surface area (Å²) in [5, 5.41) is 0. The maximum Gasteiger partial charge on any atom is 0.251 e. The minimum Gasteiger partial charge on any atom is -0.372 e. The number of rotatable bonds is 1. The van der Waals surface area contributed by atoms with Gasteiger partial charge in [-0.2, -0.15) is 0 Å². The fraction of sp³-hybridized carbons (Fsp3) is 0.909. The molecule has 3 atom stereocenters. The molecule has 15 heavy (non-hydrogen) atoms. The van der Waals surface area contributed by atoms with E-state index in [1.54, 1.807) is 0 Å². The predicted octanol–water partition coefficient (Wildman–Crippen LogP) is 0.801. The molecule has 0 aromatic rings. The average molecular weight is 213 g/mol. The Labute approximate surface area is 90.5 Å². The van der Waals surface area contributed by atoms with Gasteiger partial charge in [-0.1, -0.05) is 0 Å². The fourth-order valence-electron chi connectivity index (χ4n) is 2.33. The van der Waals surface area contributed by atoms with Crippen LogP contribution in [0.5, 0.6) is 0 Å². The zero-order valence-corrected chi connectivity index (χ0v) is 9.44. The number of ether oxygens (including phenoxy) is 2. The van der Waals surface area contributed by atoms with Gasteiger partial charge in [0.05, 0.1) is 12.2 Å². The molecule has 2 aliphatic heterocycles. The quantitative estimate of drug-likeness (QED) is 0.646. The van der Waals surface area contributed by atoms with Gasteiger partial charge in [0.25, 0.3) is 5.91 Å². The summed E-state index contributed by atoms with van der Waals surface area (Å²) in [6.45, 7) is 6.13. The topological polar surface area (TPSA) is 38.8 Å². The van der Waals surface area contributed by atoms with Crippen molar-refractivity contribution in [2.45, 2.75) is 45.0 Å². The smallest absolute Gasteiger partial charge is 0.251 e. The summed E-state index contributed by atoms with van der Waals surface area (Å²) in [4.78, 5) is 13.9. The van der Waals surface area contributed by atoms with Crippen molar-refractivity contribution in [2.24, 2.45) is 0 Å². The maximum atomic E-state index is 12.0. The van der Waals surface area contributed by atoms with E-state index < -0.39 is 0 Å². The van der Waals surface area contributed by atoms with Gasteiger partial charge in [-0.3, -0.25) is 4.79 Å². The van der Waals surface area contributed by atoms with E-state index >= 15 is 0 Å². The van der Waals surface area contributed by atoms with Gasteiger partial charge < -0.3 is 14.4 Å². The average Bonchev–Trinajstić information content (AvgIpc) is 2.67. The third-order valence-corrected chi connectivity index (χ3v) is 2.94. The lowest BCUT2D eigenvalue weighted by molar-refractivity contribution is -0.152. The molecule has 0 spiro atoms. The molecular weight excluding hydrogens is 194 g/mol. The number of nitrogens with zero attached hydrogens (tertiary/aromatic N) is 1. The lowest BCUT2D eigenvalue weighted by Crippen LogP contribution is -2.51. The van der Waals surface area contributed by atoms with Crippen molar-refractivity contribution in [3.8, 4) is 0 Å². The number of amides is 1. The fourth-order valence-corrected chi connectivity index (χ4v) is 2.33. The highest BCUT2D eigenvalue weighted by atomic mass is 16.5. The Morgan fingerprint density at radius 3 is 2.47 bits per heavy atom. The Bertz CT molecular complexity index is 228. The molecule has 2 heterocycles. The molecule has 2 saturated heterocycles. The molecule has 0 N–H and O–H groups in total. The first-order chi connectivity index (χ1) is 7.16. The van der Waals surface area contributed by atoms with E-state index in [1.807, 2.05) is 18.7 Å². The van der Waals surface area contributed by atoms with E-state index in [2.05, 4.69) is 0 Å². The summed E-state index contributed by atoms with van der Waals surface area (Å²) in [6.07, 6.45) is 1.96. The second-order valence-electron chi connectivity index (χ2n) is 4.50. The third-order valence-electron chi connectivity index (χ3n) is 2.94. The maximum absolute atomic E-state index is 12.0. The molecule has 1 amide bonds. The number of hydrogen-bond acceptors (Lipinski definition) is 3. The molecular formula is C11H19NO3. The molecule has 0 bridgehead atoms. The highest BCUT2D eigenvalue weighted by Crippen LogP contribution is 2.18. The van der Waals surface area contributed by atoms with Crippen LogP contribution in [0.3, 0.4) is 0 Å². The molecule has 4 nitrogen and oxygen atoms in total. The Morgan fingerprint density at radius 1 is 1.27 bits per heavy atom. The van der Waals surface area contributed by atoms with Crippen molar-refractivity contribution in [3.63, 3.8) is 0 Å². The zero-order valence-electron chi connectivity index (χ0n) is 9.44. The second kappa shape index (κ2) is 4.49. The van der Waals surface area contributed by atoms with E-state index in [1.165, 1.54) is 0 Å². The minimum absolute atomic E-state index is 0.138. The van der Waals surface area contributed by atoms with Gasteiger partial charge in [-0.15, -0.1) is 0 Å². The Hall–Kier alpha value is -0.610. The van der Waals surface area contributed by atoms with Crippen molar-refractivity contribution in [3.05, 3.63) is 0 Å². The monoisotopic (exact) mass is 213 g/mol. The Balaban J connectivity index is 1.93. The van der Waals surface area contributed by atoms with Crippen LogP contribution < -0.4 is 0 Å². The summed E-state index contributed by atoms with van der Waals surface area (Å²) in [6, 6.07) is 0. The largest absolute Gasteiger partial charge is 0.372 e. The molecule has 0 saturated carbocycles. The van der Waals surface area contributed by atoms with Crippen LogP contribution in [0.15, 0.2) is 0 Å². The Kier molecular flexibility index (Phi) is 3.26. The van der Waals surface area contributed by atoms with Crippen LogP contribution in [0, 0.1) is 0 Å². The van der Waals surface area contributed by atoms with Crippen LogP contribution in [-0.4, -0.2) is 48.8 Å². The van der Waals surface area contributed by atoms with Crippen LogP contribution in [0.2, 0.25) is 0 Å². The lowest BCUT2D eigenvalue weighted by Gasteiger charge is -2.36. The molecule has 4 heteroatoms. The summed E-state index contributed by atoms with van der Waals surface area (Å²) in [5.41, 5.74) is 0. The zero-order chi connectivity index (χ0) is 10.8. The number of carbonyl (C=O) groups is 1. The first-order valence-corrected chi connectivity index (χ1v) is 5.72. The molecule has 2 aliphatic rings. The van der Waals surface area contributed by atoms with Crippen molar-refractivity contribution >= 4 is 5.91 Å². The summed E-state index contributed by atoms with van der Waals surface area (Å²) in [5.74, 6) is 0.148. The molecule has 86 valence electrons. The summed E-state index contributed by atoms with van der Waals surface area (Å²) < 4.78 is 11.0. The molecule has 0 aromatic heterocycles. The van der Waals surface area contributed by atoms with Gasteiger partial charge in [0.1, 0.15) is 6.10 Å². The van der Waals surface area contributed by atoms with Gasteiger partial charge in [0.15, 0.2) is 0 Å². The first-order valence-electron chi connectivity index (χ1n) is 5.72. The van der Waals surface area contributed by atoms with Gasteiger partial charge in [0.2, 0.25) is 0 Å². The predicted molar refractivity (Wildman–Crippen MR) is 55.6 cm³/mol. The van der Waals surface area contributed by atoms with Crippen LogP contribution in [-0.2, 0) is 14.3 Å². The molecule has 0 radical (unpaired) electrons.